The van der Waals surface area contributed by atoms with Crippen molar-refractivity contribution < 1.29 is 14.3 Å². The van der Waals surface area contributed by atoms with Crippen molar-refractivity contribution in [2.75, 3.05) is 24.4 Å². The van der Waals surface area contributed by atoms with Gasteiger partial charge in [-0.1, -0.05) is 35.4 Å². The molecule has 3 rings (SSSR count). The minimum atomic E-state index is -0.292. The lowest BCUT2D eigenvalue weighted by Gasteiger charge is -2.16. The standard InChI is InChI=1S/C25H26BrClN2O3/c1-15-5-8-22(17(3)9-15)28-13-18-10-20(26)25(23(11-18)31-4)32-14-24(30)29-19-7-6-16(2)21(27)12-19/h5-12,28H,13-14H2,1-4H3,(H,29,30). The normalized spacial score (nSPS) is 10.6. The molecule has 0 radical (unpaired) electrons. The van der Waals surface area contributed by atoms with Gasteiger partial charge in [0.1, 0.15) is 0 Å². The maximum absolute atomic E-state index is 12.3. The van der Waals surface area contributed by atoms with E-state index in [0.29, 0.717) is 33.2 Å². The van der Waals surface area contributed by atoms with Crippen LogP contribution in [0.1, 0.15) is 22.3 Å². The molecule has 0 aliphatic rings. The molecule has 7 heteroatoms. The Balaban J connectivity index is 1.65. The lowest BCUT2D eigenvalue weighted by atomic mass is 10.1. The van der Waals surface area contributed by atoms with Crippen LogP contribution in [0.15, 0.2) is 53.0 Å². The van der Waals surface area contributed by atoms with Crippen molar-refractivity contribution in [3.8, 4) is 11.5 Å². The second-order valence-electron chi connectivity index (χ2n) is 7.58. The molecule has 5 nitrogen and oxygen atoms in total. The Hall–Kier alpha value is -2.70. The number of rotatable bonds is 8. The topological polar surface area (TPSA) is 59.6 Å². The van der Waals surface area contributed by atoms with Crippen LogP contribution in [0.5, 0.6) is 11.5 Å². The number of hydrogen-bond donors (Lipinski definition) is 2. The van der Waals surface area contributed by atoms with E-state index < -0.39 is 0 Å². The molecule has 3 aromatic rings. The average molecular weight is 518 g/mol. The molecule has 0 saturated carbocycles. The third kappa shape index (κ3) is 6.17. The summed E-state index contributed by atoms with van der Waals surface area (Å²) in [5.41, 5.74) is 6.08. The van der Waals surface area contributed by atoms with Gasteiger partial charge in [-0.3, -0.25) is 4.79 Å². The molecule has 3 aromatic carbocycles. The van der Waals surface area contributed by atoms with E-state index in [2.05, 4.69) is 58.6 Å². The quantitative estimate of drug-likeness (QED) is 0.350. The van der Waals surface area contributed by atoms with Gasteiger partial charge in [0.15, 0.2) is 18.1 Å². The maximum atomic E-state index is 12.3. The van der Waals surface area contributed by atoms with Gasteiger partial charge < -0.3 is 20.1 Å². The van der Waals surface area contributed by atoms with Crippen molar-refractivity contribution in [1.29, 1.82) is 0 Å². The Kier molecular flexibility index (Phi) is 8.04. The number of methoxy groups -OCH3 is 1. The van der Waals surface area contributed by atoms with Crippen molar-refractivity contribution in [2.45, 2.75) is 27.3 Å². The number of halogens is 2. The third-order valence-electron chi connectivity index (χ3n) is 4.96. The summed E-state index contributed by atoms with van der Waals surface area (Å²) >= 11 is 9.66. The summed E-state index contributed by atoms with van der Waals surface area (Å²) < 4.78 is 12.0. The van der Waals surface area contributed by atoms with Gasteiger partial charge in [0.25, 0.3) is 5.91 Å². The van der Waals surface area contributed by atoms with Gasteiger partial charge in [-0.15, -0.1) is 0 Å². The van der Waals surface area contributed by atoms with Crippen LogP contribution in [0, 0.1) is 20.8 Å². The zero-order chi connectivity index (χ0) is 23.3. The number of nitrogens with one attached hydrogen (secondary N) is 2. The minimum absolute atomic E-state index is 0.166. The SMILES string of the molecule is COc1cc(CNc2ccc(C)cc2C)cc(Br)c1OCC(=O)Nc1ccc(C)c(Cl)c1. The van der Waals surface area contributed by atoms with Gasteiger partial charge in [0, 0.05) is 22.9 Å². The highest BCUT2D eigenvalue weighted by Gasteiger charge is 2.14. The average Bonchev–Trinajstić information content (AvgIpc) is 2.74. The fourth-order valence-corrected chi connectivity index (χ4v) is 4.01. The molecule has 0 unspecified atom stereocenters. The lowest BCUT2D eigenvalue weighted by Crippen LogP contribution is -2.20. The van der Waals surface area contributed by atoms with E-state index >= 15 is 0 Å². The van der Waals surface area contributed by atoms with E-state index in [0.717, 1.165) is 16.8 Å². The fraction of sp³-hybridized carbons (Fsp3) is 0.240. The Labute approximate surface area is 202 Å². The Bertz CT molecular complexity index is 1130. The van der Waals surface area contributed by atoms with E-state index in [1.807, 2.05) is 25.1 Å². The highest BCUT2D eigenvalue weighted by Crippen LogP contribution is 2.37. The van der Waals surface area contributed by atoms with Crippen LogP contribution in [0.25, 0.3) is 0 Å². The molecular weight excluding hydrogens is 492 g/mol. The van der Waals surface area contributed by atoms with Crippen LogP contribution in [-0.4, -0.2) is 19.6 Å². The number of ether oxygens (including phenoxy) is 2. The number of aryl methyl sites for hydroxylation is 3. The highest BCUT2D eigenvalue weighted by atomic mass is 79.9. The fourth-order valence-electron chi connectivity index (χ4n) is 3.23. The zero-order valence-corrected chi connectivity index (χ0v) is 20.9. The van der Waals surface area contributed by atoms with Crippen molar-refractivity contribution in [3.63, 3.8) is 0 Å². The van der Waals surface area contributed by atoms with Crippen LogP contribution < -0.4 is 20.1 Å². The summed E-state index contributed by atoms with van der Waals surface area (Å²) in [6.07, 6.45) is 0. The molecule has 0 aromatic heterocycles. The maximum Gasteiger partial charge on any atom is 0.262 e. The summed E-state index contributed by atoms with van der Waals surface area (Å²) in [5.74, 6) is 0.724. The Morgan fingerprint density at radius 3 is 2.50 bits per heavy atom. The van der Waals surface area contributed by atoms with Crippen LogP contribution in [-0.2, 0) is 11.3 Å². The van der Waals surface area contributed by atoms with Gasteiger partial charge in [-0.2, -0.15) is 0 Å². The molecular formula is C25H26BrClN2O3. The predicted molar refractivity (Wildman–Crippen MR) is 134 cm³/mol. The summed E-state index contributed by atoms with van der Waals surface area (Å²) in [5, 5.41) is 6.83. The number of benzene rings is 3. The Morgan fingerprint density at radius 1 is 1.03 bits per heavy atom. The van der Waals surface area contributed by atoms with Gasteiger partial charge >= 0.3 is 0 Å². The summed E-state index contributed by atoms with van der Waals surface area (Å²) in [7, 11) is 1.57. The first-order chi connectivity index (χ1) is 15.3. The summed E-state index contributed by atoms with van der Waals surface area (Å²) in [6, 6.07) is 15.5. The first-order valence-corrected chi connectivity index (χ1v) is 11.3. The monoisotopic (exact) mass is 516 g/mol. The van der Waals surface area contributed by atoms with E-state index in [-0.39, 0.29) is 12.5 Å². The van der Waals surface area contributed by atoms with E-state index in [1.54, 1.807) is 19.2 Å². The predicted octanol–water partition coefficient (Wildman–Crippen LogP) is 6.67. The van der Waals surface area contributed by atoms with Crippen molar-refractivity contribution >= 4 is 44.8 Å². The van der Waals surface area contributed by atoms with Crippen LogP contribution in [0.4, 0.5) is 11.4 Å². The van der Waals surface area contributed by atoms with Gasteiger partial charge in [0.05, 0.1) is 11.6 Å². The molecule has 0 spiro atoms. The van der Waals surface area contributed by atoms with E-state index in [9.17, 15) is 4.79 Å². The van der Waals surface area contributed by atoms with E-state index in [4.69, 9.17) is 21.1 Å². The lowest BCUT2D eigenvalue weighted by molar-refractivity contribution is -0.118. The number of amides is 1. The van der Waals surface area contributed by atoms with Crippen molar-refractivity contribution in [1.82, 2.24) is 0 Å². The molecule has 1 amide bonds. The first kappa shape index (κ1) is 24.0. The molecule has 0 atom stereocenters. The number of hydrogen-bond acceptors (Lipinski definition) is 4. The van der Waals surface area contributed by atoms with Gasteiger partial charge in [0.2, 0.25) is 0 Å². The third-order valence-corrected chi connectivity index (χ3v) is 5.95. The molecule has 32 heavy (non-hydrogen) atoms. The molecule has 0 bridgehead atoms. The largest absolute Gasteiger partial charge is 0.493 e. The second-order valence-corrected chi connectivity index (χ2v) is 8.84. The van der Waals surface area contributed by atoms with Crippen molar-refractivity contribution in [3.05, 3.63) is 80.3 Å². The molecule has 168 valence electrons. The first-order valence-electron chi connectivity index (χ1n) is 10.1. The number of carbonyl (C=O) groups is 1. The van der Waals surface area contributed by atoms with Crippen LogP contribution >= 0.6 is 27.5 Å². The molecule has 0 aliphatic heterocycles. The minimum Gasteiger partial charge on any atom is -0.493 e. The molecule has 0 heterocycles. The van der Waals surface area contributed by atoms with Crippen LogP contribution in [0.2, 0.25) is 5.02 Å². The molecule has 2 N–H and O–H groups in total. The number of carbonyl (C=O) groups excluding carboxylic acids is 1. The second kappa shape index (κ2) is 10.7. The molecule has 0 fully saturated rings. The molecule has 0 aliphatic carbocycles. The van der Waals surface area contributed by atoms with E-state index in [1.165, 1.54) is 11.1 Å². The smallest absolute Gasteiger partial charge is 0.262 e. The highest BCUT2D eigenvalue weighted by molar-refractivity contribution is 9.10. The zero-order valence-electron chi connectivity index (χ0n) is 18.5. The summed E-state index contributed by atoms with van der Waals surface area (Å²) in [6.45, 7) is 6.52. The Morgan fingerprint density at radius 2 is 1.81 bits per heavy atom. The molecule has 0 saturated heterocycles. The van der Waals surface area contributed by atoms with Gasteiger partial charge in [-0.25, -0.2) is 0 Å². The van der Waals surface area contributed by atoms with Gasteiger partial charge in [-0.05, 0) is 83.7 Å². The van der Waals surface area contributed by atoms with Crippen LogP contribution in [0.3, 0.4) is 0 Å². The number of anilines is 2. The van der Waals surface area contributed by atoms with Crippen molar-refractivity contribution in [2.24, 2.45) is 0 Å². The summed E-state index contributed by atoms with van der Waals surface area (Å²) in [4.78, 5) is 12.3.